The van der Waals surface area contributed by atoms with Gasteiger partial charge >= 0.3 is 0 Å². The summed E-state index contributed by atoms with van der Waals surface area (Å²) in [4.78, 5) is 12.4. The monoisotopic (exact) mass is 342 g/mol. The number of rotatable bonds is 1. The Kier molecular flexibility index (Phi) is 3.89. The van der Waals surface area contributed by atoms with Crippen molar-refractivity contribution in [3.63, 3.8) is 0 Å². The van der Waals surface area contributed by atoms with Crippen molar-refractivity contribution in [2.24, 2.45) is 28.6 Å². The molecule has 4 aliphatic carbocycles. The molecule has 2 nitrogen and oxygen atoms in total. The molecule has 0 saturated heterocycles. The van der Waals surface area contributed by atoms with Crippen LogP contribution in [0.3, 0.4) is 0 Å². The van der Waals surface area contributed by atoms with Crippen LogP contribution >= 0.6 is 0 Å². The summed E-state index contributed by atoms with van der Waals surface area (Å²) < 4.78 is 0. The fourth-order valence-corrected chi connectivity index (χ4v) is 7.73. The molecule has 138 valence electrons. The maximum atomic E-state index is 12.4. The summed E-state index contributed by atoms with van der Waals surface area (Å²) >= 11 is 0. The Morgan fingerprint density at radius 1 is 0.960 bits per heavy atom. The number of ketones is 1. The predicted octanol–water partition coefficient (Wildman–Crippen LogP) is 5.22. The highest BCUT2D eigenvalue weighted by Crippen LogP contribution is 2.66. The summed E-state index contributed by atoms with van der Waals surface area (Å²) in [5.41, 5.74) is 6.01. The molecule has 0 bridgehead atoms. The first-order valence-electron chi connectivity index (χ1n) is 10.3. The largest absolute Gasteiger partial charge is 0.393 e. The van der Waals surface area contributed by atoms with Crippen LogP contribution in [0.1, 0.15) is 79.6 Å². The Morgan fingerprint density at radius 2 is 1.64 bits per heavy atom. The maximum Gasteiger partial charge on any atom is 0.156 e. The highest BCUT2D eigenvalue weighted by Gasteiger charge is 2.58. The van der Waals surface area contributed by atoms with Gasteiger partial charge in [0.25, 0.3) is 0 Å². The lowest BCUT2D eigenvalue weighted by Crippen LogP contribution is -2.51. The van der Waals surface area contributed by atoms with Crippen LogP contribution in [0.15, 0.2) is 22.3 Å². The zero-order chi connectivity index (χ0) is 18.1. The molecule has 0 amide bonds. The van der Waals surface area contributed by atoms with E-state index in [4.69, 9.17) is 0 Å². The highest BCUT2D eigenvalue weighted by molar-refractivity contribution is 5.96. The van der Waals surface area contributed by atoms with Gasteiger partial charge in [-0.25, -0.2) is 0 Å². The molecule has 4 aliphatic rings. The molecular weight excluding hydrogens is 308 g/mol. The fourth-order valence-electron chi connectivity index (χ4n) is 7.73. The lowest BCUT2D eigenvalue weighted by atomic mass is 9.46. The Balaban J connectivity index is 1.74. The third-order valence-electron chi connectivity index (χ3n) is 8.70. The van der Waals surface area contributed by atoms with Crippen molar-refractivity contribution in [3.8, 4) is 0 Å². The van der Waals surface area contributed by atoms with Crippen LogP contribution in [-0.2, 0) is 4.79 Å². The van der Waals surface area contributed by atoms with E-state index >= 15 is 0 Å². The molecule has 0 radical (unpaired) electrons. The molecule has 6 atom stereocenters. The van der Waals surface area contributed by atoms with Crippen LogP contribution in [0.2, 0.25) is 0 Å². The van der Waals surface area contributed by atoms with Gasteiger partial charge in [-0.05, 0) is 99.9 Å². The van der Waals surface area contributed by atoms with Gasteiger partial charge in [0.1, 0.15) is 0 Å². The molecule has 0 aromatic heterocycles. The van der Waals surface area contributed by atoms with Crippen LogP contribution in [0.25, 0.3) is 0 Å². The van der Waals surface area contributed by atoms with Gasteiger partial charge in [-0.2, -0.15) is 0 Å². The first kappa shape index (κ1) is 17.5. The zero-order valence-electron chi connectivity index (χ0n) is 16.6. The van der Waals surface area contributed by atoms with E-state index in [9.17, 15) is 9.90 Å². The smallest absolute Gasteiger partial charge is 0.156 e. The van der Waals surface area contributed by atoms with Crippen LogP contribution in [0.4, 0.5) is 0 Å². The van der Waals surface area contributed by atoms with Crippen LogP contribution < -0.4 is 0 Å². The summed E-state index contributed by atoms with van der Waals surface area (Å²) in [6.45, 7) is 11.1. The average molecular weight is 343 g/mol. The van der Waals surface area contributed by atoms with E-state index in [0.29, 0.717) is 17.6 Å². The molecule has 0 heterocycles. The summed E-state index contributed by atoms with van der Waals surface area (Å²) in [5.74, 6) is 2.37. The molecule has 0 aliphatic heterocycles. The van der Waals surface area contributed by atoms with Gasteiger partial charge in [-0.3, -0.25) is 4.79 Å². The zero-order valence-corrected chi connectivity index (χ0v) is 16.6. The van der Waals surface area contributed by atoms with Crippen LogP contribution in [-0.4, -0.2) is 17.0 Å². The van der Waals surface area contributed by atoms with Crippen molar-refractivity contribution in [3.05, 3.63) is 22.3 Å². The number of fused-ring (bicyclic) bond motifs is 5. The number of aliphatic hydroxyl groups excluding tert-OH is 1. The summed E-state index contributed by atoms with van der Waals surface area (Å²) in [7, 11) is 0. The van der Waals surface area contributed by atoms with Gasteiger partial charge in [-0.1, -0.05) is 30.6 Å². The average Bonchev–Trinajstić information content (AvgIpc) is 2.80. The molecule has 1 N–H and O–H groups in total. The van der Waals surface area contributed by atoms with Crippen molar-refractivity contribution >= 4 is 5.78 Å². The van der Waals surface area contributed by atoms with Crippen LogP contribution in [0.5, 0.6) is 0 Å². The number of Topliss-reactive ketones (excluding diaryl/α,β-unsaturated/α-hetero) is 1. The topological polar surface area (TPSA) is 37.3 Å². The van der Waals surface area contributed by atoms with Gasteiger partial charge < -0.3 is 5.11 Å². The lowest BCUT2D eigenvalue weighted by Gasteiger charge is -2.58. The first-order chi connectivity index (χ1) is 11.7. The Labute approximate surface area is 152 Å². The number of carbonyl (C=O) groups excluding carboxylic acids is 1. The van der Waals surface area contributed by atoms with E-state index in [1.807, 2.05) is 0 Å². The maximum absolute atomic E-state index is 12.4. The number of allylic oxidation sites excluding steroid dienone is 3. The minimum absolute atomic E-state index is 0.0966. The van der Waals surface area contributed by atoms with E-state index in [2.05, 4.69) is 27.7 Å². The summed E-state index contributed by atoms with van der Waals surface area (Å²) in [6, 6.07) is 0. The van der Waals surface area contributed by atoms with Crippen molar-refractivity contribution in [2.75, 3.05) is 0 Å². The van der Waals surface area contributed by atoms with Crippen molar-refractivity contribution in [1.82, 2.24) is 0 Å². The molecule has 0 aromatic carbocycles. The van der Waals surface area contributed by atoms with E-state index in [1.54, 1.807) is 18.1 Å². The number of carbonyl (C=O) groups is 1. The standard InChI is InChI=1S/C23H34O2/c1-13-10-17-18(22(4)8-6-16(25)12-19(13)22)7-9-23(5)20(17)11-14(2)21(23)15(3)24/h16-18,20,25H,6-12H2,1-5H3/t16-,17?,18?,20?,22+,23-/m0/s1. The molecular formula is C23H34O2. The predicted molar refractivity (Wildman–Crippen MR) is 101 cm³/mol. The van der Waals surface area contributed by atoms with Gasteiger partial charge in [0.2, 0.25) is 0 Å². The van der Waals surface area contributed by atoms with Gasteiger partial charge in [0.15, 0.2) is 5.78 Å². The number of hydrogen-bond acceptors (Lipinski definition) is 2. The number of aliphatic hydroxyl groups is 1. The molecule has 2 saturated carbocycles. The third-order valence-corrected chi connectivity index (χ3v) is 8.70. The molecule has 4 rings (SSSR count). The molecule has 2 fully saturated rings. The van der Waals surface area contributed by atoms with E-state index in [-0.39, 0.29) is 16.9 Å². The molecule has 2 heteroatoms. The molecule has 25 heavy (non-hydrogen) atoms. The lowest BCUT2D eigenvalue weighted by molar-refractivity contribution is -0.115. The second-order valence-electron chi connectivity index (χ2n) is 10.0. The Morgan fingerprint density at radius 3 is 2.32 bits per heavy atom. The quantitative estimate of drug-likeness (QED) is 0.664. The first-order valence-corrected chi connectivity index (χ1v) is 10.3. The van der Waals surface area contributed by atoms with Crippen LogP contribution in [0, 0.1) is 28.6 Å². The van der Waals surface area contributed by atoms with E-state index < -0.39 is 0 Å². The molecule has 0 aromatic rings. The second-order valence-corrected chi connectivity index (χ2v) is 10.0. The van der Waals surface area contributed by atoms with Crippen molar-refractivity contribution < 1.29 is 9.90 Å². The summed E-state index contributed by atoms with van der Waals surface area (Å²) in [5, 5.41) is 10.2. The molecule has 0 spiro atoms. The minimum Gasteiger partial charge on any atom is -0.393 e. The van der Waals surface area contributed by atoms with Gasteiger partial charge in [0.05, 0.1) is 6.10 Å². The normalized spacial score (nSPS) is 46.6. The third kappa shape index (κ3) is 2.29. The Hall–Kier alpha value is -0.890. The van der Waals surface area contributed by atoms with Gasteiger partial charge in [0, 0.05) is 0 Å². The number of hydrogen-bond donors (Lipinski definition) is 1. The molecule has 3 unspecified atom stereocenters. The van der Waals surface area contributed by atoms with Crippen molar-refractivity contribution in [2.45, 2.75) is 85.7 Å². The second kappa shape index (κ2) is 5.55. The Bertz CT molecular complexity index is 684. The van der Waals surface area contributed by atoms with E-state index in [0.717, 1.165) is 43.6 Å². The van der Waals surface area contributed by atoms with Gasteiger partial charge in [-0.15, -0.1) is 0 Å². The minimum atomic E-state index is -0.136. The van der Waals surface area contributed by atoms with E-state index in [1.165, 1.54) is 18.4 Å². The summed E-state index contributed by atoms with van der Waals surface area (Å²) in [6.07, 6.45) is 7.55. The SMILES string of the molecule is CC(=O)C1=C(C)CC2C3CC(C)=C4C[C@@H](O)CC[C@]4(C)C3CC[C@]12C. The fraction of sp³-hybridized carbons (Fsp3) is 0.783. The van der Waals surface area contributed by atoms with Crippen molar-refractivity contribution in [1.29, 1.82) is 0 Å². The highest BCUT2D eigenvalue weighted by atomic mass is 16.3.